The molecule has 0 heterocycles. The smallest absolute Gasteiger partial charge is 0.156 e. The minimum absolute atomic E-state index is 0.174. The normalized spacial score (nSPS) is 10.9. The van der Waals surface area contributed by atoms with E-state index in [9.17, 15) is 4.79 Å². The molecule has 0 bridgehead atoms. The van der Waals surface area contributed by atoms with Gasteiger partial charge in [0, 0.05) is 6.42 Å². The standard InChI is InChI=1S/C19H20O/c1-15-5-3-7-17(13-15)9-11-19(20)12-10-18-8-4-6-16(2)14-18/h3-9,11,13-14H,10,12H2,1-2H3/b11-9+. The number of hydrogen-bond acceptors (Lipinski definition) is 1. The third-order valence-electron chi connectivity index (χ3n) is 3.25. The Balaban J connectivity index is 1.89. The molecule has 0 amide bonds. The predicted octanol–water partition coefficient (Wildman–Crippen LogP) is 4.52. The van der Waals surface area contributed by atoms with E-state index in [1.165, 1.54) is 16.7 Å². The van der Waals surface area contributed by atoms with Crippen LogP contribution in [0.15, 0.2) is 54.6 Å². The summed E-state index contributed by atoms with van der Waals surface area (Å²) in [5, 5.41) is 0. The first kappa shape index (κ1) is 14.3. The maximum Gasteiger partial charge on any atom is 0.156 e. The van der Waals surface area contributed by atoms with Gasteiger partial charge in [-0.25, -0.2) is 0 Å². The molecule has 0 unspecified atom stereocenters. The molecular formula is C19H20O. The van der Waals surface area contributed by atoms with E-state index in [0.717, 1.165) is 12.0 Å². The van der Waals surface area contributed by atoms with Crippen molar-refractivity contribution in [3.05, 3.63) is 76.9 Å². The number of aryl methyl sites for hydroxylation is 3. The molecule has 0 aliphatic heterocycles. The highest BCUT2D eigenvalue weighted by molar-refractivity contribution is 5.93. The monoisotopic (exact) mass is 264 g/mol. The summed E-state index contributed by atoms with van der Waals surface area (Å²) in [7, 11) is 0. The van der Waals surface area contributed by atoms with Crippen molar-refractivity contribution in [3.8, 4) is 0 Å². The topological polar surface area (TPSA) is 17.1 Å². The molecule has 0 saturated heterocycles. The van der Waals surface area contributed by atoms with Crippen LogP contribution in [0.25, 0.3) is 6.08 Å². The highest BCUT2D eigenvalue weighted by Crippen LogP contribution is 2.09. The summed E-state index contributed by atoms with van der Waals surface area (Å²) in [4.78, 5) is 11.9. The van der Waals surface area contributed by atoms with E-state index in [0.29, 0.717) is 6.42 Å². The Hall–Kier alpha value is -2.15. The van der Waals surface area contributed by atoms with Crippen LogP contribution in [0.1, 0.15) is 28.7 Å². The van der Waals surface area contributed by atoms with E-state index in [1.54, 1.807) is 6.08 Å². The molecule has 0 aromatic heterocycles. The fourth-order valence-electron chi connectivity index (χ4n) is 2.18. The second kappa shape index (κ2) is 6.85. The van der Waals surface area contributed by atoms with Gasteiger partial charge in [0.2, 0.25) is 0 Å². The Labute approximate surface area is 121 Å². The van der Waals surface area contributed by atoms with Gasteiger partial charge in [-0.05, 0) is 37.5 Å². The van der Waals surface area contributed by atoms with Crippen LogP contribution in [0, 0.1) is 13.8 Å². The predicted molar refractivity (Wildman–Crippen MR) is 84.7 cm³/mol. The summed E-state index contributed by atoms with van der Waals surface area (Å²) in [5.74, 6) is 0.174. The van der Waals surface area contributed by atoms with Crippen LogP contribution in [0.5, 0.6) is 0 Å². The summed E-state index contributed by atoms with van der Waals surface area (Å²) < 4.78 is 0. The third-order valence-corrected chi connectivity index (χ3v) is 3.25. The Bertz CT molecular complexity index is 623. The van der Waals surface area contributed by atoms with Crippen LogP contribution < -0.4 is 0 Å². The van der Waals surface area contributed by atoms with Crippen LogP contribution in [0.4, 0.5) is 0 Å². The molecular weight excluding hydrogens is 244 g/mol. The number of hydrogen-bond donors (Lipinski definition) is 0. The Morgan fingerprint density at radius 2 is 1.70 bits per heavy atom. The van der Waals surface area contributed by atoms with Gasteiger partial charge in [0.25, 0.3) is 0 Å². The van der Waals surface area contributed by atoms with Crippen molar-refractivity contribution >= 4 is 11.9 Å². The number of carbonyl (C=O) groups is 1. The molecule has 0 fully saturated rings. The molecule has 20 heavy (non-hydrogen) atoms. The second-order valence-electron chi connectivity index (χ2n) is 5.20. The summed E-state index contributed by atoms with van der Waals surface area (Å²) in [5.41, 5.74) is 4.75. The molecule has 0 aliphatic rings. The number of benzene rings is 2. The van der Waals surface area contributed by atoms with E-state index < -0.39 is 0 Å². The molecule has 0 spiro atoms. The first-order valence-electron chi connectivity index (χ1n) is 6.96. The van der Waals surface area contributed by atoms with E-state index in [-0.39, 0.29) is 5.78 Å². The molecule has 2 aromatic rings. The summed E-state index contributed by atoms with van der Waals surface area (Å²) in [6.45, 7) is 4.12. The fraction of sp³-hybridized carbons (Fsp3) is 0.211. The quantitative estimate of drug-likeness (QED) is 0.726. The van der Waals surface area contributed by atoms with Gasteiger partial charge >= 0.3 is 0 Å². The zero-order valence-corrected chi connectivity index (χ0v) is 12.1. The number of allylic oxidation sites excluding steroid dienone is 1. The van der Waals surface area contributed by atoms with Crippen LogP contribution in [0.3, 0.4) is 0 Å². The minimum Gasteiger partial charge on any atom is -0.295 e. The van der Waals surface area contributed by atoms with Crippen molar-refractivity contribution < 1.29 is 4.79 Å². The van der Waals surface area contributed by atoms with Gasteiger partial charge in [-0.1, -0.05) is 65.7 Å². The molecule has 0 N–H and O–H groups in total. The van der Waals surface area contributed by atoms with E-state index in [2.05, 4.69) is 44.2 Å². The largest absolute Gasteiger partial charge is 0.295 e. The van der Waals surface area contributed by atoms with Gasteiger partial charge < -0.3 is 0 Å². The summed E-state index contributed by atoms with van der Waals surface area (Å²) >= 11 is 0. The Kier molecular flexibility index (Phi) is 4.89. The lowest BCUT2D eigenvalue weighted by Gasteiger charge is -2.00. The number of carbonyl (C=O) groups excluding carboxylic acids is 1. The lowest BCUT2D eigenvalue weighted by Crippen LogP contribution is -1.96. The van der Waals surface area contributed by atoms with E-state index >= 15 is 0 Å². The molecule has 0 saturated carbocycles. The Morgan fingerprint density at radius 1 is 1.00 bits per heavy atom. The molecule has 0 aliphatic carbocycles. The van der Waals surface area contributed by atoms with Crippen molar-refractivity contribution in [2.45, 2.75) is 26.7 Å². The van der Waals surface area contributed by atoms with Crippen molar-refractivity contribution in [3.63, 3.8) is 0 Å². The van der Waals surface area contributed by atoms with Gasteiger partial charge in [0.15, 0.2) is 5.78 Å². The molecule has 1 heteroatoms. The summed E-state index contributed by atoms with van der Waals surface area (Å²) in [6, 6.07) is 16.5. The van der Waals surface area contributed by atoms with Crippen LogP contribution in [-0.2, 0) is 11.2 Å². The van der Waals surface area contributed by atoms with Crippen molar-refractivity contribution in [1.29, 1.82) is 0 Å². The lowest BCUT2D eigenvalue weighted by molar-refractivity contribution is -0.114. The van der Waals surface area contributed by atoms with Gasteiger partial charge in [-0.3, -0.25) is 4.79 Å². The molecule has 0 radical (unpaired) electrons. The number of ketones is 1. The number of rotatable bonds is 5. The van der Waals surface area contributed by atoms with Crippen LogP contribution in [-0.4, -0.2) is 5.78 Å². The fourth-order valence-corrected chi connectivity index (χ4v) is 2.18. The average Bonchev–Trinajstić information content (AvgIpc) is 2.43. The first-order valence-corrected chi connectivity index (χ1v) is 6.96. The van der Waals surface area contributed by atoms with E-state index in [1.807, 2.05) is 24.3 Å². The van der Waals surface area contributed by atoms with Crippen LogP contribution >= 0.6 is 0 Å². The van der Waals surface area contributed by atoms with Gasteiger partial charge in [0.05, 0.1) is 0 Å². The average molecular weight is 264 g/mol. The van der Waals surface area contributed by atoms with Gasteiger partial charge in [0.1, 0.15) is 0 Å². The maximum atomic E-state index is 11.9. The minimum atomic E-state index is 0.174. The van der Waals surface area contributed by atoms with Crippen LogP contribution in [0.2, 0.25) is 0 Å². The molecule has 1 nitrogen and oxygen atoms in total. The summed E-state index contributed by atoms with van der Waals surface area (Å²) in [6.07, 6.45) is 4.95. The molecule has 2 aromatic carbocycles. The molecule has 0 atom stereocenters. The SMILES string of the molecule is Cc1cccc(/C=C/C(=O)CCc2cccc(C)c2)c1. The highest BCUT2D eigenvalue weighted by Gasteiger charge is 1.99. The van der Waals surface area contributed by atoms with Crippen molar-refractivity contribution in [2.24, 2.45) is 0 Å². The van der Waals surface area contributed by atoms with Gasteiger partial charge in [-0.15, -0.1) is 0 Å². The second-order valence-corrected chi connectivity index (χ2v) is 5.20. The molecule has 2 rings (SSSR count). The first-order chi connectivity index (χ1) is 9.63. The van der Waals surface area contributed by atoms with Crippen molar-refractivity contribution in [2.75, 3.05) is 0 Å². The van der Waals surface area contributed by atoms with Gasteiger partial charge in [-0.2, -0.15) is 0 Å². The zero-order chi connectivity index (χ0) is 14.4. The third kappa shape index (κ3) is 4.51. The lowest BCUT2D eigenvalue weighted by atomic mass is 10.0. The molecule has 102 valence electrons. The zero-order valence-electron chi connectivity index (χ0n) is 12.1. The maximum absolute atomic E-state index is 11.9. The van der Waals surface area contributed by atoms with E-state index in [4.69, 9.17) is 0 Å². The Morgan fingerprint density at radius 3 is 2.40 bits per heavy atom. The highest BCUT2D eigenvalue weighted by atomic mass is 16.1. The van der Waals surface area contributed by atoms with Crippen molar-refractivity contribution in [1.82, 2.24) is 0 Å².